The maximum atomic E-state index is 12.8. The summed E-state index contributed by atoms with van der Waals surface area (Å²) in [5.41, 5.74) is 0.803. The Morgan fingerprint density at radius 2 is 1.94 bits per heavy atom. The summed E-state index contributed by atoms with van der Waals surface area (Å²) in [6, 6.07) is 10.0. The lowest BCUT2D eigenvalue weighted by Crippen LogP contribution is -2.31. The molecule has 3 heterocycles. The van der Waals surface area contributed by atoms with E-state index in [-0.39, 0.29) is 11.7 Å². The Morgan fingerprint density at radius 1 is 1.19 bits per heavy atom. The normalized spacial score (nSPS) is 15.7. The fraction of sp³-hybridized carbons (Fsp3) is 0.304. The first-order chi connectivity index (χ1) is 15.2. The number of thiazole rings is 1. The summed E-state index contributed by atoms with van der Waals surface area (Å²) in [6.45, 7) is 5.30. The van der Waals surface area contributed by atoms with E-state index in [1.165, 1.54) is 11.3 Å². The number of carbonyl (C=O) groups excluding carboxylic acids is 3. The van der Waals surface area contributed by atoms with Gasteiger partial charge in [-0.25, -0.2) is 9.78 Å². The molecule has 0 bridgehead atoms. The van der Waals surface area contributed by atoms with Gasteiger partial charge in [-0.05, 0) is 69.2 Å². The molecule has 0 fully saturated rings. The van der Waals surface area contributed by atoms with Gasteiger partial charge in [-0.3, -0.25) is 9.59 Å². The fourth-order valence-electron chi connectivity index (χ4n) is 3.40. The van der Waals surface area contributed by atoms with Crippen LogP contribution in [0.1, 0.15) is 50.1 Å². The van der Waals surface area contributed by atoms with Crippen LogP contribution in [-0.4, -0.2) is 33.0 Å². The Kier molecular flexibility index (Phi) is 5.84. The van der Waals surface area contributed by atoms with E-state index in [4.69, 9.17) is 9.47 Å². The highest BCUT2D eigenvalue weighted by atomic mass is 32.1. The Morgan fingerprint density at radius 3 is 2.66 bits per heavy atom. The van der Waals surface area contributed by atoms with Gasteiger partial charge in [0.2, 0.25) is 5.91 Å². The van der Waals surface area contributed by atoms with E-state index in [1.54, 1.807) is 74.1 Å². The molecule has 0 radical (unpaired) electrons. The molecule has 0 saturated carbocycles. The van der Waals surface area contributed by atoms with Crippen LogP contribution in [0, 0.1) is 0 Å². The van der Waals surface area contributed by atoms with Crippen LogP contribution in [0.25, 0.3) is 10.4 Å². The Balaban J connectivity index is 1.40. The van der Waals surface area contributed by atoms with Gasteiger partial charge in [-0.2, -0.15) is 0 Å². The number of nitrogens with one attached hydrogen (secondary N) is 1. The van der Waals surface area contributed by atoms with Crippen molar-refractivity contribution >= 4 is 34.3 Å². The average Bonchev–Trinajstić information content (AvgIpc) is 3.37. The Labute approximate surface area is 189 Å². The largest absolute Gasteiger partial charge is 0.514 e. The SMILES string of the molecule is CC(C)(C)OC(=O)Oc1ccc(-c2cnc(NC(=O)C3CCC(=O)c4cccn43)s2)cc1. The lowest BCUT2D eigenvalue weighted by Gasteiger charge is -2.24. The van der Waals surface area contributed by atoms with E-state index in [2.05, 4.69) is 10.3 Å². The van der Waals surface area contributed by atoms with Crippen molar-refractivity contribution in [3.8, 4) is 16.2 Å². The summed E-state index contributed by atoms with van der Waals surface area (Å²) in [6.07, 6.45) is 3.48. The number of hydrogen-bond donors (Lipinski definition) is 1. The fourth-order valence-corrected chi connectivity index (χ4v) is 4.23. The van der Waals surface area contributed by atoms with Gasteiger partial charge in [0.25, 0.3) is 0 Å². The second kappa shape index (κ2) is 8.58. The van der Waals surface area contributed by atoms with Crippen LogP contribution >= 0.6 is 11.3 Å². The predicted molar refractivity (Wildman–Crippen MR) is 120 cm³/mol. The van der Waals surface area contributed by atoms with Crippen molar-refractivity contribution in [2.45, 2.75) is 45.3 Å². The van der Waals surface area contributed by atoms with Crippen LogP contribution in [0.5, 0.6) is 5.75 Å². The Hall–Kier alpha value is -3.46. The van der Waals surface area contributed by atoms with Gasteiger partial charge in [-0.15, -0.1) is 0 Å². The number of carbonyl (C=O) groups is 3. The van der Waals surface area contributed by atoms with Crippen molar-refractivity contribution in [3.05, 3.63) is 54.5 Å². The third kappa shape index (κ3) is 4.88. The maximum Gasteiger partial charge on any atom is 0.514 e. The van der Waals surface area contributed by atoms with Crippen LogP contribution < -0.4 is 10.1 Å². The number of rotatable bonds is 4. The molecule has 1 amide bonds. The van der Waals surface area contributed by atoms with Crippen molar-refractivity contribution in [2.75, 3.05) is 5.32 Å². The van der Waals surface area contributed by atoms with Crippen molar-refractivity contribution < 1.29 is 23.9 Å². The quantitative estimate of drug-likeness (QED) is 0.437. The van der Waals surface area contributed by atoms with Crippen molar-refractivity contribution in [1.82, 2.24) is 9.55 Å². The van der Waals surface area contributed by atoms with Crippen LogP contribution in [0.3, 0.4) is 0 Å². The second-order valence-electron chi connectivity index (χ2n) is 8.39. The van der Waals surface area contributed by atoms with Crippen LogP contribution in [0.4, 0.5) is 9.93 Å². The second-order valence-corrected chi connectivity index (χ2v) is 9.42. The van der Waals surface area contributed by atoms with Crippen molar-refractivity contribution in [1.29, 1.82) is 0 Å². The van der Waals surface area contributed by atoms with Crippen LogP contribution in [-0.2, 0) is 9.53 Å². The van der Waals surface area contributed by atoms with E-state index in [0.717, 1.165) is 10.4 Å². The standard InChI is InChI=1S/C23H23N3O5S/c1-23(2,3)31-22(29)30-15-8-6-14(7-9-15)19-13-24-21(32-19)25-20(28)17-10-11-18(27)16-5-4-12-26(16)17/h4-9,12-13,17H,10-11H2,1-3H3,(H,24,25,28). The topological polar surface area (TPSA) is 99.5 Å². The zero-order valence-electron chi connectivity index (χ0n) is 18.0. The van der Waals surface area contributed by atoms with Gasteiger partial charge >= 0.3 is 6.16 Å². The molecule has 1 unspecified atom stereocenters. The summed E-state index contributed by atoms with van der Waals surface area (Å²) < 4.78 is 12.0. The summed E-state index contributed by atoms with van der Waals surface area (Å²) in [5, 5.41) is 3.33. The molecule has 9 heteroatoms. The minimum atomic E-state index is -0.761. The number of hydrogen-bond acceptors (Lipinski definition) is 7. The van der Waals surface area contributed by atoms with Gasteiger partial charge < -0.3 is 19.4 Å². The van der Waals surface area contributed by atoms with E-state index >= 15 is 0 Å². The molecule has 8 nitrogen and oxygen atoms in total. The first-order valence-corrected chi connectivity index (χ1v) is 11.0. The highest BCUT2D eigenvalue weighted by Gasteiger charge is 2.30. The molecule has 1 aromatic carbocycles. The molecule has 4 rings (SSSR count). The number of Topliss-reactive ketones (excluding diaryl/α,β-unsaturated/α-hetero) is 1. The summed E-state index contributed by atoms with van der Waals surface area (Å²) in [4.78, 5) is 41.7. The molecule has 1 N–H and O–H groups in total. The van der Waals surface area contributed by atoms with Gasteiger partial charge in [0.15, 0.2) is 10.9 Å². The molecule has 0 saturated heterocycles. The molecule has 1 atom stereocenters. The predicted octanol–water partition coefficient (Wildman–Crippen LogP) is 5.08. The summed E-state index contributed by atoms with van der Waals surface area (Å²) in [5.74, 6) is 0.224. The molecule has 32 heavy (non-hydrogen) atoms. The smallest absolute Gasteiger partial charge is 0.428 e. The van der Waals surface area contributed by atoms with Gasteiger partial charge in [0.05, 0.1) is 10.6 Å². The van der Waals surface area contributed by atoms with Crippen LogP contribution in [0.2, 0.25) is 0 Å². The highest BCUT2D eigenvalue weighted by molar-refractivity contribution is 7.19. The Bertz CT molecular complexity index is 1160. The van der Waals surface area contributed by atoms with E-state index in [0.29, 0.717) is 29.4 Å². The number of nitrogens with zero attached hydrogens (tertiary/aromatic N) is 2. The van der Waals surface area contributed by atoms with Crippen molar-refractivity contribution in [3.63, 3.8) is 0 Å². The maximum absolute atomic E-state index is 12.8. The number of aromatic nitrogens is 2. The third-order valence-electron chi connectivity index (χ3n) is 4.81. The molecule has 0 aliphatic carbocycles. The third-order valence-corrected chi connectivity index (χ3v) is 5.78. The molecule has 1 aliphatic heterocycles. The van der Waals surface area contributed by atoms with Gasteiger partial charge in [0.1, 0.15) is 17.4 Å². The van der Waals surface area contributed by atoms with Gasteiger partial charge in [-0.1, -0.05) is 11.3 Å². The number of ether oxygens (including phenoxy) is 2. The monoisotopic (exact) mass is 453 g/mol. The minimum Gasteiger partial charge on any atom is -0.428 e. The molecule has 166 valence electrons. The first-order valence-electron chi connectivity index (χ1n) is 10.2. The lowest BCUT2D eigenvalue weighted by molar-refractivity contribution is -0.119. The number of fused-ring (bicyclic) bond motifs is 1. The van der Waals surface area contributed by atoms with Crippen LogP contribution in [0.15, 0.2) is 48.8 Å². The number of ketones is 1. The molecule has 3 aromatic rings. The minimum absolute atomic E-state index is 0.0506. The van der Waals surface area contributed by atoms with Crippen molar-refractivity contribution in [2.24, 2.45) is 0 Å². The number of amides is 1. The molecule has 0 spiro atoms. The van der Waals surface area contributed by atoms with E-state index < -0.39 is 17.8 Å². The zero-order valence-corrected chi connectivity index (χ0v) is 18.8. The first kappa shape index (κ1) is 21.8. The molecular formula is C23H23N3O5S. The molecule has 1 aliphatic rings. The average molecular weight is 454 g/mol. The van der Waals surface area contributed by atoms with E-state index in [9.17, 15) is 14.4 Å². The summed E-state index contributed by atoms with van der Waals surface area (Å²) >= 11 is 1.34. The zero-order chi connectivity index (χ0) is 22.9. The lowest BCUT2D eigenvalue weighted by atomic mass is 10.0. The van der Waals surface area contributed by atoms with E-state index in [1.807, 2.05) is 0 Å². The number of anilines is 1. The van der Waals surface area contributed by atoms with Gasteiger partial charge in [0, 0.05) is 18.8 Å². The number of benzene rings is 1. The molecular weight excluding hydrogens is 430 g/mol. The highest BCUT2D eigenvalue weighted by Crippen LogP contribution is 2.32. The molecule has 2 aromatic heterocycles. The summed E-state index contributed by atoms with van der Waals surface area (Å²) in [7, 11) is 0.